The number of aromatic amines is 1. The van der Waals surface area contributed by atoms with E-state index in [9.17, 15) is 14.9 Å². The number of carbonyl (C=O) groups excluding carboxylic acids is 2. The summed E-state index contributed by atoms with van der Waals surface area (Å²) in [5.74, 6) is -1.24. The Morgan fingerprint density at radius 1 is 1.09 bits per heavy atom. The van der Waals surface area contributed by atoms with Crippen molar-refractivity contribution in [3.8, 4) is 11.8 Å². The van der Waals surface area contributed by atoms with E-state index in [4.69, 9.17) is 9.26 Å². The van der Waals surface area contributed by atoms with E-state index in [-0.39, 0.29) is 12.2 Å². The van der Waals surface area contributed by atoms with Crippen LogP contribution in [0.2, 0.25) is 0 Å². The molecule has 1 unspecified atom stereocenters. The number of aromatic nitrogens is 2. The minimum Gasteiger partial charge on any atom is -0.489 e. The van der Waals surface area contributed by atoms with Gasteiger partial charge in [0.2, 0.25) is 0 Å². The monoisotopic (exact) mass is 427 g/mol. The standard InChI is InChI=1S/C25H21N3O4/c1-14-21(16(3)32-28-14)13-31-18-10-8-17(9-11-18)24(29)20(12-26)25(30)23-15(2)27-22-7-5-4-6-19(22)23/h4-11,20,27H,13H2,1-3H3. The lowest BCUT2D eigenvalue weighted by Crippen LogP contribution is -2.23. The van der Waals surface area contributed by atoms with Gasteiger partial charge in [-0.1, -0.05) is 23.4 Å². The van der Waals surface area contributed by atoms with Crippen LogP contribution in [0.4, 0.5) is 0 Å². The van der Waals surface area contributed by atoms with E-state index in [1.807, 2.05) is 38.1 Å². The number of para-hydroxylation sites is 1. The van der Waals surface area contributed by atoms with Crippen molar-refractivity contribution in [2.24, 2.45) is 5.92 Å². The number of nitriles is 1. The van der Waals surface area contributed by atoms with Crippen LogP contribution in [0, 0.1) is 38.0 Å². The molecule has 0 bridgehead atoms. The molecule has 4 rings (SSSR count). The van der Waals surface area contributed by atoms with Gasteiger partial charge in [0.15, 0.2) is 17.5 Å². The van der Waals surface area contributed by atoms with Gasteiger partial charge in [-0.25, -0.2) is 0 Å². The molecule has 160 valence electrons. The van der Waals surface area contributed by atoms with Gasteiger partial charge >= 0.3 is 0 Å². The molecule has 1 N–H and O–H groups in total. The van der Waals surface area contributed by atoms with Gasteiger partial charge in [-0.05, 0) is 51.1 Å². The smallest absolute Gasteiger partial charge is 0.190 e. The number of fused-ring (bicyclic) bond motifs is 1. The van der Waals surface area contributed by atoms with E-state index in [0.717, 1.165) is 16.8 Å². The van der Waals surface area contributed by atoms with E-state index < -0.39 is 17.5 Å². The van der Waals surface area contributed by atoms with Crippen LogP contribution in [0.3, 0.4) is 0 Å². The largest absolute Gasteiger partial charge is 0.489 e. The van der Waals surface area contributed by atoms with Crippen LogP contribution >= 0.6 is 0 Å². The van der Waals surface area contributed by atoms with Gasteiger partial charge in [0, 0.05) is 27.7 Å². The number of rotatable bonds is 7. The average Bonchev–Trinajstić information content (AvgIpc) is 3.30. The fourth-order valence-corrected chi connectivity index (χ4v) is 3.72. The van der Waals surface area contributed by atoms with Gasteiger partial charge in [0.05, 0.1) is 17.3 Å². The van der Waals surface area contributed by atoms with Crippen molar-refractivity contribution >= 4 is 22.5 Å². The van der Waals surface area contributed by atoms with Crippen LogP contribution in [0.1, 0.15) is 43.4 Å². The first kappa shape index (κ1) is 21.1. The van der Waals surface area contributed by atoms with Crippen molar-refractivity contribution in [3.05, 3.63) is 82.4 Å². The summed E-state index contributed by atoms with van der Waals surface area (Å²) in [5.41, 5.74) is 3.70. The molecule has 7 heteroatoms. The number of hydrogen-bond acceptors (Lipinski definition) is 6. The van der Waals surface area contributed by atoms with Crippen molar-refractivity contribution < 1.29 is 18.8 Å². The normalized spacial score (nSPS) is 11.8. The number of benzene rings is 2. The molecule has 4 aromatic rings. The third-order valence-corrected chi connectivity index (χ3v) is 5.50. The van der Waals surface area contributed by atoms with Gasteiger partial charge in [-0.15, -0.1) is 0 Å². The molecule has 32 heavy (non-hydrogen) atoms. The Balaban J connectivity index is 1.53. The topological polar surface area (TPSA) is 109 Å². The van der Waals surface area contributed by atoms with Crippen LogP contribution in [0.25, 0.3) is 10.9 Å². The number of nitrogens with one attached hydrogen (secondary N) is 1. The Bertz CT molecular complexity index is 1340. The minimum atomic E-state index is -1.43. The third kappa shape index (κ3) is 3.79. The maximum atomic E-state index is 13.1. The summed E-state index contributed by atoms with van der Waals surface area (Å²) in [7, 11) is 0. The van der Waals surface area contributed by atoms with Crippen molar-refractivity contribution in [2.45, 2.75) is 27.4 Å². The first-order valence-electron chi connectivity index (χ1n) is 10.1. The van der Waals surface area contributed by atoms with Crippen molar-refractivity contribution in [2.75, 3.05) is 0 Å². The van der Waals surface area contributed by atoms with Gasteiger partial charge in [-0.3, -0.25) is 9.59 Å². The molecular formula is C25H21N3O4. The van der Waals surface area contributed by atoms with Crippen LogP contribution in [0.5, 0.6) is 5.75 Å². The Morgan fingerprint density at radius 2 is 1.81 bits per heavy atom. The molecule has 1 atom stereocenters. The Hall–Kier alpha value is -4.18. The molecule has 0 amide bonds. The quantitative estimate of drug-likeness (QED) is 0.333. The number of Topliss-reactive ketones (excluding diaryl/α,β-unsaturated/α-hetero) is 2. The summed E-state index contributed by atoms with van der Waals surface area (Å²) in [6.45, 7) is 5.70. The summed E-state index contributed by atoms with van der Waals surface area (Å²) in [6.07, 6.45) is 0. The zero-order chi connectivity index (χ0) is 22.8. The lowest BCUT2D eigenvalue weighted by molar-refractivity contribution is 0.0846. The molecule has 0 saturated heterocycles. The molecular weight excluding hydrogens is 406 g/mol. The molecule has 0 fully saturated rings. The Morgan fingerprint density at radius 3 is 2.47 bits per heavy atom. The highest BCUT2D eigenvalue weighted by Crippen LogP contribution is 2.26. The number of carbonyl (C=O) groups is 2. The summed E-state index contributed by atoms with van der Waals surface area (Å²) in [4.78, 5) is 29.3. The molecule has 2 aromatic heterocycles. The van der Waals surface area contributed by atoms with E-state index in [0.29, 0.717) is 28.2 Å². The van der Waals surface area contributed by atoms with E-state index >= 15 is 0 Å². The summed E-state index contributed by atoms with van der Waals surface area (Å²) in [6, 6.07) is 15.6. The molecule has 0 spiro atoms. The van der Waals surface area contributed by atoms with Gasteiger partial charge in [0.1, 0.15) is 18.1 Å². The molecule has 0 aliphatic rings. The molecule has 0 radical (unpaired) electrons. The Labute approximate surface area is 184 Å². The SMILES string of the molecule is Cc1noc(C)c1COc1ccc(C(=O)C(C#N)C(=O)c2c(C)[nH]c3ccccc23)cc1. The summed E-state index contributed by atoms with van der Waals surface area (Å²) < 4.78 is 10.9. The fraction of sp³-hybridized carbons (Fsp3) is 0.200. The predicted molar refractivity (Wildman–Crippen MR) is 118 cm³/mol. The van der Waals surface area contributed by atoms with Gasteiger partial charge in [-0.2, -0.15) is 5.26 Å². The highest BCUT2D eigenvalue weighted by atomic mass is 16.5. The first-order valence-corrected chi connectivity index (χ1v) is 10.1. The second-order valence-electron chi connectivity index (χ2n) is 7.58. The van der Waals surface area contributed by atoms with Gasteiger partial charge < -0.3 is 14.2 Å². The highest BCUT2D eigenvalue weighted by Gasteiger charge is 2.31. The van der Waals surface area contributed by atoms with Crippen molar-refractivity contribution in [1.29, 1.82) is 5.26 Å². The molecule has 7 nitrogen and oxygen atoms in total. The van der Waals surface area contributed by atoms with E-state index in [2.05, 4.69) is 10.1 Å². The van der Waals surface area contributed by atoms with E-state index in [1.54, 1.807) is 37.3 Å². The number of hydrogen-bond donors (Lipinski definition) is 1. The van der Waals surface area contributed by atoms with E-state index in [1.165, 1.54) is 0 Å². The zero-order valence-electron chi connectivity index (χ0n) is 17.9. The van der Waals surface area contributed by atoms with Crippen LogP contribution in [-0.2, 0) is 6.61 Å². The summed E-state index contributed by atoms with van der Waals surface area (Å²) >= 11 is 0. The number of ether oxygens (including phenoxy) is 1. The maximum Gasteiger partial charge on any atom is 0.190 e. The molecule has 2 heterocycles. The van der Waals surface area contributed by atoms with Crippen LogP contribution < -0.4 is 4.74 Å². The maximum absolute atomic E-state index is 13.1. The Kier molecular flexibility index (Phi) is 5.61. The third-order valence-electron chi connectivity index (χ3n) is 5.50. The number of aryl methyl sites for hydroxylation is 3. The van der Waals surface area contributed by atoms with Crippen LogP contribution in [-0.4, -0.2) is 21.7 Å². The number of H-pyrrole nitrogens is 1. The number of nitrogens with zero attached hydrogens (tertiary/aromatic N) is 2. The van der Waals surface area contributed by atoms with Crippen LogP contribution in [0.15, 0.2) is 53.1 Å². The molecule has 0 saturated carbocycles. The predicted octanol–water partition coefficient (Wildman–Crippen LogP) is 4.87. The zero-order valence-corrected chi connectivity index (χ0v) is 17.9. The lowest BCUT2D eigenvalue weighted by Gasteiger charge is -2.10. The fourth-order valence-electron chi connectivity index (χ4n) is 3.72. The van der Waals surface area contributed by atoms with Gasteiger partial charge in [0.25, 0.3) is 0 Å². The summed E-state index contributed by atoms with van der Waals surface area (Å²) in [5, 5.41) is 14.2. The first-order chi connectivity index (χ1) is 15.4. The molecule has 0 aliphatic carbocycles. The van der Waals surface area contributed by atoms with Crippen molar-refractivity contribution in [1.82, 2.24) is 10.1 Å². The number of ketones is 2. The second kappa shape index (κ2) is 8.52. The lowest BCUT2D eigenvalue weighted by atomic mass is 9.90. The minimum absolute atomic E-state index is 0.270. The molecule has 0 aliphatic heterocycles. The second-order valence-corrected chi connectivity index (χ2v) is 7.58. The average molecular weight is 427 g/mol. The van der Waals surface area contributed by atoms with Crippen molar-refractivity contribution in [3.63, 3.8) is 0 Å². The molecule has 2 aromatic carbocycles. The highest BCUT2D eigenvalue weighted by molar-refractivity contribution is 6.22.